The molecule has 0 saturated carbocycles. The summed E-state index contributed by atoms with van der Waals surface area (Å²) >= 11 is 0. The van der Waals surface area contributed by atoms with E-state index in [1.165, 1.54) is 148 Å². The highest BCUT2D eigenvalue weighted by molar-refractivity contribution is 5.70. The maximum Gasteiger partial charge on any atom is 0.306 e. The molecule has 0 heterocycles. The Kier molecular flexibility index (Phi) is 62.9. The molecule has 5 nitrogen and oxygen atoms in total. The number of carbonyl (C=O) groups excluding carboxylic acids is 2. The molecule has 1 atom stereocenters. The third kappa shape index (κ3) is 64.5. The zero-order valence-corrected chi connectivity index (χ0v) is 50.2. The second kappa shape index (κ2) is 66.3. The highest BCUT2D eigenvalue weighted by Gasteiger charge is 2.16. The van der Waals surface area contributed by atoms with Gasteiger partial charge >= 0.3 is 11.9 Å². The van der Waals surface area contributed by atoms with Crippen LogP contribution in [0.3, 0.4) is 0 Å². The van der Waals surface area contributed by atoms with Crippen molar-refractivity contribution in [1.29, 1.82) is 0 Å². The van der Waals surface area contributed by atoms with Crippen LogP contribution in [-0.2, 0) is 19.1 Å². The van der Waals surface area contributed by atoms with Crippen molar-refractivity contribution in [2.75, 3.05) is 13.2 Å². The van der Waals surface area contributed by atoms with Crippen LogP contribution in [0.4, 0.5) is 0 Å². The van der Waals surface area contributed by atoms with Gasteiger partial charge in [-0.2, -0.15) is 0 Å². The summed E-state index contributed by atoms with van der Waals surface area (Å²) in [6.45, 7) is 4.04. The van der Waals surface area contributed by atoms with Gasteiger partial charge < -0.3 is 14.6 Å². The van der Waals surface area contributed by atoms with Gasteiger partial charge in [-0.25, -0.2) is 0 Å². The summed E-state index contributed by atoms with van der Waals surface area (Å²) in [7, 11) is 0. The molecule has 0 aliphatic carbocycles. The van der Waals surface area contributed by atoms with E-state index < -0.39 is 6.10 Å². The largest absolute Gasteiger partial charge is 0.462 e. The standard InChI is InChI=1S/C72H120O5/c1-3-5-7-9-11-13-15-17-19-21-23-25-27-28-29-30-31-32-33-34-35-36-37-38-39-40-41-42-43-44-45-47-49-51-53-55-57-59-61-63-65-67-72(75)77-70(68-73)69-76-71(74)66-64-62-60-58-56-54-52-50-48-46-26-24-22-20-18-16-14-12-10-8-6-4-2/h5,7,11,13,17,19,23,25,28-29,31-32,34-35,37-38,40-41,43-44,47,49,70,73H,3-4,6,8-10,12,14-16,18,20-22,24,26-27,30,33,36,39,42,45-46,48,50-69H2,1-2H3/b7-5-,13-11-,19-17-,25-23-,29-28-,32-31-,35-34-,38-37-,41-40-,44-43-,49-47-. The molecular weight excluding hydrogens is 945 g/mol. The van der Waals surface area contributed by atoms with Crippen LogP contribution in [-0.4, -0.2) is 36.4 Å². The minimum atomic E-state index is -0.786. The summed E-state index contributed by atoms with van der Waals surface area (Å²) in [5, 5.41) is 9.68. The fourth-order valence-electron chi connectivity index (χ4n) is 8.92. The number of rotatable bonds is 58. The average Bonchev–Trinajstić information content (AvgIpc) is 3.43. The van der Waals surface area contributed by atoms with E-state index in [1.807, 2.05) is 0 Å². The number of ether oxygens (including phenoxy) is 2. The number of carbonyl (C=O) groups is 2. The van der Waals surface area contributed by atoms with Gasteiger partial charge in [-0.05, 0) is 96.3 Å². The predicted octanol–water partition coefficient (Wildman–Crippen LogP) is 22.4. The van der Waals surface area contributed by atoms with Crippen molar-refractivity contribution in [1.82, 2.24) is 0 Å². The normalized spacial score (nSPS) is 13.1. The van der Waals surface area contributed by atoms with Crippen LogP contribution in [0, 0.1) is 0 Å². The number of allylic oxidation sites excluding steroid dienone is 22. The average molecular weight is 1070 g/mol. The second-order valence-corrected chi connectivity index (χ2v) is 21.1. The Morgan fingerprint density at radius 3 is 0.844 bits per heavy atom. The molecule has 0 rings (SSSR count). The summed E-state index contributed by atoms with van der Waals surface area (Å²) in [4.78, 5) is 24.6. The van der Waals surface area contributed by atoms with Gasteiger partial charge in [0.2, 0.25) is 0 Å². The number of esters is 2. The van der Waals surface area contributed by atoms with Crippen LogP contribution in [0.15, 0.2) is 134 Å². The predicted molar refractivity (Wildman–Crippen MR) is 338 cm³/mol. The van der Waals surface area contributed by atoms with Gasteiger partial charge in [0.05, 0.1) is 6.61 Å². The van der Waals surface area contributed by atoms with E-state index in [-0.39, 0.29) is 25.2 Å². The second-order valence-electron chi connectivity index (χ2n) is 21.1. The zero-order valence-electron chi connectivity index (χ0n) is 50.2. The molecule has 5 heteroatoms. The lowest BCUT2D eigenvalue weighted by molar-refractivity contribution is -0.161. The van der Waals surface area contributed by atoms with Crippen LogP contribution >= 0.6 is 0 Å². The van der Waals surface area contributed by atoms with Crippen molar-refractivity contribution in [3.8, 4) is 0 Å². The summed E-state index contributed by atoms with van der Waals surface area (Å²) in [5.74, 6) is -0.600. The number of hydrogen-bond acceptors (Lipinski definition) is 5. The molecule has 0 amide bonds. The Labute approximate surface area is 476 Å². The fourth-order valence-corrected chi connectivity index (χ4v) is 8.92. The van der Waals surface area contributed by atoms with Gasteiger partial charge in [-0.1, -0.05) is 314 Å². The smallest absolute Gasteiger partial charge is 0.306 e. The first-order valence-corrected chi connectivity index (χ1v) is 32.2. The molecule has 438 valence electrons. The number of aliphatic hydroxyl groups is 1. The van der Waals surface area contributed by atoms with Gasteiger partial charge in [0, 0.05) is 12.8 Å². The van der Waals surface area contributed by atoms with Gasteiger partial charge in [-0.15, -0.1) is 0 Å². The van der Waals surface area contributed by atoms with E-state index in [2.05, 4.69) is 148 Å². The van der Waals surface area contributed by atoms with Crippen molar-refractivity contribution in [2.45, 2.75) is 296 Å². The van der Waals surface area contributed by atoms with Gasteiger partial charge in [-0.3, -0.25) is 9.59 Å². The Hall–Kier alpha value is -3.96. The lowest BCUT2D eigenvalue weighted by Crippen LogP contribution is -2.28. The minimum Gasteiger partial charge on any atom is -0.462 e. The van der Waals surface area contributed by atoms with Crippen molar-refractivity contribution in [3.05, 3.63) is 134 Å². The van der Waals surface area contributed by atoms with Crippen LogP contribution in [0.1, 0.15) is 290 Å². The number of unbranched alkanes of at least 4 members (excludes halogenated alkanes) is 28. The Bertz CT molecular complexity index is 1580. The van der Waals surface area contributed by atoms with Gasteiger partial charge in [0.25, 0.3) is 0 Å². The molecule has 0 aromatic rings. The van der Waals surface area contributed by atoms with E-state index in [0.717, 1.165) is 116 Å². The van der Waals surface area contributed by atoms with Gasteiger partial charge in [0.15, 0.2) is 6.10 Å². The van der Waals surface area contributed by atoms with E-state index in [9.17, 15) is 14.7 Å². The molecule has 1 unspecified atom stereocenters. The maximum atomic E-state index is 12.3. The SMILES string of the molecule is CC/C=C\C/C=C\C/C=C\C/C=C\C/C=C\C/C=C\C/C=C\C/C=C\C/C=C\C/C=C\C/C=C\CCCCCCCCCC(=O)OC(CO)COC(=O)CCCCCCCCCCCCCCCCCCCCCCCC. The topological polar surface area (TPSA) is 72.8 Å². The summed E-state index contributed by atoms with van der Waals surface area (Å²) < 4.78 is 10.7. The van der Waals surface area contributed by atoms with Gasteiger partial charge in [0.1, 0.15) is 6.61 Å². The van der Waals surface area contributed by atoms with Crippen molar-refractivity contribution in [2.24, 2.45) is 0 Å². The molecule has 0 aliphatic heterocycles. The molecule has 0 spiro atoms. The molecule has 0 bridgehead atoms. The first-order valence-electron chi connectivity index (χ1n) is 32.2. The zero-order chi connectivity index (χ0) is 55.5. The third-order valence-electron chi connectivity index (χ3n) is 13.7. The maximum absolute atomic E-state index is 12.3. The molecule has 0 saturated heterocycles. The highest BCUT2D eigenvalue weighted by atomic mass is 16.6. The molecule has 0 aromatic heterocycles. The Morgan fingerprint density at radius 2 is 0.558 bits per heavy atom. The Morgan fingerprint density at radius 1 is 0.312 bits per heavy atom. The summed E-state index contributed by atoms with van der Waals surface area (Å²) in [5.41, 5.74) is 0. The van der Waals surface area contributed by atoms with Crippen LogP contribution in [0.25, 0.3) is 0 Å². The summed E-state index contributed by atoms with van der Waals surface area (Å²) in [6, 6.07) is 0. The molecule has 0 fully saturated rings. The number of aliphatic hydroxyl groups excluding tert-OH is 1. The van der Waals surface area contributed by atoms with Crippen molar-refractivity contribution >= 4 is 11.9 Å². The van der Waals surface area contributed by atoms with Crippen molar-refractivity contribution in [3.63, 3.8) is 0 Å². The molecule has 0 aliphatic rings. The molecule has 1 N–H and O–H groups in total. The molecular formula is C72H120O5. The van der Waals surface area contributed by atoms with Crippen LogP contribution < -0.4 is 0 Å². The quantitative estimate of drug-likeness (QED) is 0.0373. The fraction of sp³-hybridized carbons (Fsp3) is 0.667. The van der Waals surface area contributed by atoms with E-state index >= 15 is 0 Å². The summed E-state index contributed by atoms with van der Waals surface area (Å²) in [6.07, 6.45) is 98.7. The molecule has 0 aromatic carbocycles. The van der Waals surface area contributed by atoms with Crippen molar-refractivity contribution < 1.29 is 24.2 Å². The van der Waals surface area contributed by atoms with E-state index in [0.29, 0.717) is 12.8 Å². The first kappa shape index (κ1) is 73.0. The monoisotopic (exact) mass is 1060 g/mol. The van der Waals surface area contributed by atoms with Crippen LogP contribution in [0.5, 0.6) is 0 Å². The minimum absolute atomic E-state index is 0.0737. The lowest BCUT2D eigenvalue weighted by atomic mass is 10.0. The third-order valence-corrected chi connectivity index (χ3v) is 13.7. The first-order chi connectivity index (χ1) is 38.1. The highest BCUT2D eigenvalue weighted by Crippen LogP contribution is 2.17. The Balaban J connectivity index is 3.59. The van der Waals surface area contributed by atoms with Crippen LogP contribution in [0.2, 0.25) is 0 Å². The van der Waals surface area contributed by atoms with E-state index in [1.54, 1.807) is 0 Å². The van der Waals surface area contributed by atoms with E-state index in [4.69, 9.17) is 9.47 Å². The molecule has 77 heavy (non-hydrogen) atoms. The lowest BCUT2D eigenvalue weighted by Gasteiger charge is -2.15. The molecule has 0 radical (unpaired) electrons. The number of hydrogen-bond donors (Lipinski definition) is 1.